The lowest BCUT2D eigenvalue weighted by Gasteiger charge is -2.27. The molecule has 0 aliphatic rings. The van der Waals surface area contributed by atoms with Crippen LogP contribution in [-0.2, 0) is 27.2 Å². The number of nitrogens with zero attached hydrogens (tertiary/aromatic N) is 1. The van der Waals surface area contributed by atoms with Crippen LogP contribution in [0.3, 0.4) is 0 Å². The minimum Gasteiger partial charge on any atom is -0.431 e. The molecule has 0 aliphatic heterocycles. The summed E-state index contributed by atoms with van der Waals surface area (Å²) in [6.45, 7) is 0. The van der Waals surface area contributed by atoms with Gasteiger partial charge in [-0.05, 0) is 23.9 Å². The van der Waals surface area contributed by atoms with Crippen molar-refractivity contribution in [3.8, 4) is 0 Å². The van der Waals surface area contributed by atoms with Crippen molar-refractivity contribution in [2.24, 2.45) is 0 Å². The molecule has 0 saturated carbocycles. The first-order valence-electron chi connectivity index (χ1n) is 6.37. The number of oxazole rings is 1. The Bertz CT molecular complexity index is 690. The standard InChI is InChI=1S/C12H17NO7P2S/c1-16-21(14,17-2)12(22(15,18-3)19-4)23-11-13-9-7-5-6-8-10(9)20-11/h5-8,12H,1-4H3. The van der Waals surface area contributed by atoms with Crippen molar-refractivity contribution in [3.63, 3.8) is 0 Å². The van der Waals surface area contributed by atoms with Crippen LogP contribution in [0, 0.1) is 0 Å². The van der Waals surface area contributed by atoms with E-state index < -0.39 is 19.9 Å². The number of aromatic nitrogens is 1. The van der Waals surface area contributed by atoms with Crippen molar-refractivity contribution in [2.45, 2.75) is 9.95 Å². The molecule has 0 unspecified atom stereocenters. The summed E-state index contributed by atoms with van der Waals surface area (Å²) in [4.78, 5) is 4.25. The number of hydrogen-bond acceptors (Lipinski definition) is 9. The minimum atomic E-state index is -3.80. The molecule has 0 spiro atoms. The molecule has 128 valence electrons. The maximum Gasteiger partial charge on any atom is 0.355 e. The number of hydrogen-bond donors (Lipinski definition) is 0. The van der Waals surface area contributed by atoms with Crippen LogP contribution < -0.4 is 0 Å². The highest BCUT2D eigenvalue weighted by Gasteiger charge is 2.51. The number of rotatable bonds is 8. The smallest absolute Gasteiger partial charge is 0.355 e. The lowest BCUT2D eigenvalue weighted by atomic mass is 10.3. The SMILES string of the molecule is COP(=O)(OC)C(Sc1nc2ccccc2o1)P(=O)(OC)OC. The zero-order valence-electron chi connectivity index (χ0n) is 13.0. The highest BCUT2D eigenvalue weighted by molar-refractivity contribution is 8.12. The zero-order chi connectivity index (χ0) is 17.1. The van der Waals surface area contributed by atoms with Gasteiger partial charge in [0.2, 0.25) is 4.73 Å². The van der Waals surface area contributed by atoms with E-state index in [9.17, 15) is 9.13 Å². The lowest BCUT2D eigenvalue weighted by Crippen LogP contribution is -2.11. The molecule has 8 nitrogen and oxygen atoms in total. The van der Waals surface area contributed by atoms with Gasteiger partial charge < -0.3 is 22.5 Å². The van der Waals surface area contributed by atoms with Gasteiger partial charge >= 0.3 is 15.2 Å². The quantitative estimate of drug-likeness (QED) is 0.493. The van der Waals surface area contributed by atoms with Crippen molar-refractivity contribution in [2.75, 3.05) is 28.4 Å². The molecule has 2 rings (SSSR count). The number of fused-ring (bicyclic) bond motifs is 1. The van der Waals surface area contributed by atoms with E-state index in [1.165, 1.54) is 28.4 Å². The normalized spacial score (nSPS) is 13.1. The Morgan fingerprint density at radius 3 is 2.00 bits per heavy atom. The average molecular weight is 381 g/mol. The van der Waals surface area contributed by atoms with E-state index in [4.69, 9.17) is 22.5 Å². The minimum absolute atomic E-state index is 0.153. The molecule has 1 aromatic carbocycles. The maximum absolute atomic E-state index is 12.8. The summed E-state index contributed by atoms with van der Waals surface area (Å²) in [5.41, 5.74) is 1.16. The molecular formula is C12H17NO7P2S. The summed E-state index contributed by atoms with van der Waals surface area (Å²) in [6, 6.07) is 7.10. The van der Waals surface area contributed by atoms with Crippen LogP contribution in [0.1, 0.15) is 0 Å². The highest BCUT2D eigenvalue weighted by Crippen LogP contribution is 2.73. The van der Waals surface area contributed by atoms with E-state index in [0.717, 1.165) is 11.8 Å². The van der Waals surface area contributed by atoms with E-state index in [2.05, 4.69) is 4.98 Å². The Labute approximate surface area is 137 Å². The summed E-state index contributed by atoms with van der Waals surface area (Å²) < 4.78 is 49.6. The molecule has 0 atom stereocenters. The van der Waals surface area contributed by atoms with Gasteiger partial charge in [0.05, 0.1) is 0 Å². The molecule has 1 heterocycles. The first-order chi connectivity index (χ1) is 10.9. The second-order valence-corrected chi connectivity index (χ2v) is 11.0. The lowest BCUT2D eigenvalue weighted by molar-refractivity contribution is 0.256. The zero-order valence-corrected chi connectivity index (χ0v) is 15.6. The van der Waals surface area contributed by atoms with Crippen LogP contribution >= 0.6 is 27.0 Å². The van der Waals surface area contributed by atoms with E-state index in [0.29, 0.717) is 11.1 Å². The van der Waals surface area contributed by atoms with Crippen molar-refractivity contribution in [3.05, 3.63) is 24.3 Å². The van der Waals surface area contributed by atoms with Crippen LogP contribution in [0.4, 0.5) is 0 Å². The van der Waals surface area contributed by atoms with Gasteiger partial charge in [0.15, 0.2) is 5.58 Å². The highest BCUT2D eigenvalue weighted by atomic mass is 32.2. The van der Waals surface area contributed by atoms with Gasteiger partial charge in [-0.3, -0.25) is 9.13 Å². The summed E-state index contributed by atoms with van der Waals surface area (Å²) in [5, 5.41) is 0.153. The molecule has 2 aromatic rings. The Morgan fingerprint density at radius 1 is 1.00 bits per heavy atom. The van der Waals surface area contributed by atoms with Crippen molar-refractivity contribution < 1.29 is 31.6 Å². The summed E-state index contributed by atoms with van der Waals surface area (Å²) in [6.07, 6.45) is 0. The van der Waals surface area contributed by atoms with E-state index in [-0.39, 0.29) is 5.22 Å². The molecule has 0 N–H and O–H groups in total. The monoisotopic (exact) mass is 381 g/mol. The topological polar surface area (TPSA) is 97.1 Å². The van der Waals surface area contributed by atoms with Gasteiger partial charge in [0.1, 0.15) is 5.52 Å². The third kappa shape index (κ3) is 3.72. The summed E-state index contributed by atoms with van der Waals surface area (Å²) in [5.74, 6) is 0. The number of thioether (sulfide) groups is 1. The molecule has 0 bridgehead atoms. The molecule has 11 heteroatoms. The Kier molecular flexibility index (Phi) is 6.08. The second kappa shape index (κ2) is 7.49. The number of benzene rings is 1. The fourth-order valence-corrected chi connectivity index (χ4v) is 8.42. The first kappa shape index (κ1) is 18.7. The Morgan fingerprint density at radius 2 is 1.52 bits per heavy atom. The first-order valence-corrected chi connectivity index (χ1v) is 10.5. The third-order valence-corrected chi connectivity index (χ3v) is 10.6. The Hall–Kier alpha value is -0.660. The van der Waals surface area contributed by atoms with Crippen LogP contribution in [-0.4, -0.2) is 38.2 Å². The van der Waals surface area contributed by atoms with E-state index >= 15 is 0 Å². The fraction of sp³-hybridized carbons (Fsp3) is 0.417. The van der Waals surface area contributed by atoms with E-state index in [1.807, 2.05) is 0 Å². The third-order valence-electron chi connectivity index (χ3n) is 3.04. The van der Waals surface area contributed by atoms with Crippen LogP contribution in [0.2, 0.25) is 0 Å². The van der Waals surface area contributed by atoms with E-state index in [1.54, 1.807) is 24.3 Å². The van der Waals surface area contributed by atoms with Crippen LogP contribution in [0.5, 0.6) is 0 Å². The van der Waals surface area contributed by atoms with Gasteiger partial charge in [-0.25, -0.2) is 4.98 Å². The van der Waals surface area contributed by atoms with Crippen molar-refractivity contribution in [1.29, 1.82) is 0 Å². The molecular weight excluding hydrogens is 364 g/mol. The Balaban J connectivity index is 2.45. The van der Waals surface area contributed by atoms with Crippen LogP contribution in [0.25, 0.3) is 11.1 Å². The predicted octanol–water partition coefficient (Wildman–Crippen LogP) is 4.18. The van der Waals surface area contributed by atoms with Crippen molar-refractivity contribution >= 4 is 38.1 Å². The molecule has 0 radical (unpaired) electrons. The summed E-state index contributed by atoms with van der Waals surface area (Å²) >= 11 is 0.823. The molecule has 0 aliphatic carbocycles. The summed E-state index contributed by atoms with van der Waals surface area (Å²) in [7, 11) is -2.83. The van der Waals surface area contributed by atoms with Gasteiger partial charge in [0.25, 0.3) is 5.22 Å². The van der Waals surface area contributed by atoms with Crippen molar-refractivity contribution in [1.82, 2.24) is 4.98 Å². The predicted molar refractivity (Wildman–Crippen MR) is 86.9 cm³/mol. The number of para-hydroxylation sites is 2. The fourth-order valence-electron chi connectivity index (χ4n) is 1.80. The molecule has 23 heavy (non-hydrogen) atoms. The molecule has 0 saturated heterocycles. The van der Waals surface area contributed by atoms with Gasteiger partial charge in [-0.15, -0.1) is 0 Å². The largest absolute Gasteiger partial charge is 0.431 e. The molecule has 1 aromatic heterocycles. The molecule has 0 amide bonds. The van der Waals surface area contributed by atoms with Gasteiger partial charge in [0, 0.05) is 28.4 Å². The maximum atomic E-state index is 12.8. The average Bonchev–Trinajstić information content (AvgIpc) is 3.01. The molecule has 0 fully saturated rings. The second-order valence-electron chi connectivity index (χ2n) is 4.20. The van der Waals surface area contributed by atoms with Crippen LogP contribution in [0.15, 0.2) is 33.9 Å². The van der Waals surface area contributed by atoms with Gasteiger partial charge in [-0.2, -0.15) is 0 Å². The van der Waals surface area contributed by atoms with Gasteiger partial charge in [-0.1, -0.05) is 12.1 Å².